The molecule has 2 aliphatic rings. The fraction of sp³-hybridized carbons (Fsp3) is 0.345. The van der Waals surface area contributed by atoms with Gasteiger partial charge in [-0.15, -0.1) is 0 Å². The molecule has 0 unspecified atom stereocenters. The second kappa shape index (κ2) is 11.4. The fourth-order valence-electron chi connectivity index (χ4n) is 4.91. The van der Waals surface area contributed by atoms with Crippen molar-refractivity contribution in [1.29, 1.82) is 5.26 Å². The van der Waals surface area contributed by atoms with Gasteiger partial charge < -0.3 is 9.64 Å². The van der Waals surface area contributed by atoms with Crippen LogP contribution < -0.4 is 9.64 Å². The SMILES string of the molecule is CN1CCCCC1.COc1nc(-c2ccc(C#N)cc2)c(-c2ccc(N3CCCC3=O)nc2)n2ccnc12. The Labute approximate surface area is 222 Å². The summed E-state index contributed by atoms with van der Waals surface area (Å²) >= 11 is 0. The van der Waals surface area contributed by atoms with Crippen LogP contribution in [0, 0.1) is 11.3 Å². The van der Waals surface area contributed by atoms with Gasteiger partial charge in [-0.1, -0.05) is 18.6 Å². The minimum Gasteiger partial charge on any atom is -0.478 e. The Hall–Kier alpha value is -4.29. The third-order valence-corrected chi connectivity index (χ3v) is 6.94. The van der Waals surface area contributed by atoms with Crippen molar-refractivity contribution < 1.29 is 9.53 Å². The Balaban J connectivity index is 0.000000366. The zero-order chi connectivity index (χ0) is 26.5. The number of amides is 1. The zero-order valence-electron chi connectivity index (χ0n) is 21.8. The summed E-state index contributed by atoms with van der Waals surface area (Å²) in [5, 5.41) is 9.13. The lowest BCUT2D eigenvalue weighted by molar-refractivity contribution is -0.117. The first-order chi connectivity index (χ1) is 18.6. The highest BCUT2D eigenvalue weighted by Gasteiger charge is 2.24. The minimum atomic E-state index is 0.0987. The van der Waals surface area contributed by atoms with E-state index >= 15 is 0 Å². The van der Waals surface area contributed by atoms with Crippen LogP contribution in [-0.2, 0) is 4.79 Å². The molecule has 0 aliphatic carbocycles. The number of methoxy groups -OCH3 is 1. The third kappa shape index (κ3) is 5.22. The second-order valence-electron chi connectivity index (χ2n) is 9.55. The number of nitrogens with zero attached hydrogens (tertiary/aromatic N) is 7. The van der Waals surface area contributed by atoms with Crippen molar-refractivity contribution in [2.24, 2.45) is 0 Å². The highest BCUT2D eigenvalue weighted by atomic mass is 16.5. The third-order valence-electron chi connectivity index (χ3n) is 6.94. The number of hydrogen-bond acceptors (Lipinski definition) is 7. The van der Waals surface area contributed by atoms with Crippen LogP contribution in [0.2, 0.25) is 0 Å². The molecule has 0 bridgehead atoms. The van der Waals surface area contributed by atoms with Gasteiger partial charge in [0, 0.05) is 42.7 Å². The summed E-state index contributed by atoms with van der Waals surface area (Å²) in [4.78, 5) is 29.8. The molecule has 4 aromatic rings. The molecule has 194 valence electrons. The molecule has 1 amide bonds. The molecule has 3 aromatic heterocycles. The van der Waals surface area contributed by atoms with Gasteiger partial charge in [0.1, 0.15) is 5.82 Å². The molecule has 38 heavy (non-hydrogen) atoms. The number of benzene rings is 1. The first-order valence-corrected chi connectivity index (χ1v) is 13.0. The number of anilines is 1. The van der Waals surface area contributed by atoms with Gasteiger partial charge in [0.25, 0.3) is 5.88 Å². The number of carbonyl (C=O) groups excluding carboxylic acids is 1. The molecule has 0 atom stereocenters. The molecule has 2 aliphatic heterocycles. The molecular formula is C29H31N7O2. The quantitative estimate of drug-likeness (QED) is 0.397. The van der Waals surface area contributed by atoms with Crippen molar-refractivity contribution in [3.63, 3.8) is 0 Å². The summed E-state index contributed by atoms with van der Waals surface area (Å²) in [5.41, 5.74) is 4.30. The van der Waals surface area contributed by atoms with E-state index in [2.05, 4.69) is 28.0 Å². The predicted octanol–water partition coefficient (Wildman–Crippen LogP) is 4.57. The van der Waals surface area contributed by atoms with E-state index in [1.54, 1.807) is 36.5 Å². The molecule has 0 N–H and O–H groups in total. The molecule has 6 rings (SSSR count). The van der Waals surface area contributed by atoms with Gasteiger partial charge >= 0.3 is 0 Å². The van der Waals surface area contributed by atoms with Crippen molar-refractivity contribution in [2.45, 2.75) is 32.1 Å². The Morgan fingerprint density at radius 3 is 2.29 bits per heavy atom. The van der Waals surface area contributed by atoms with Crippen LogP contribution in [0.4, 0.5) is 5.82 Å². The Morgan fingerprint density at radius 2 is 1.71 bits per heavy atom. The highest BCUT2D eigenvalue weighted by Crippen LogP contribution is 2.35. The lowest BCUT2D eigenvalue weighted by Gasteiger charge is -2.20. The van der Waals surface area contributed by atoms with Crippen molar-refractivity contribution in [2.75, 3.05) is 38.7 Å². The zero-order valence-corrected chi connectivity index (χ0v) is 21.8. The number of carbonyl (C=O) groups is 1. The predicted molar refractivity (Wildman–Crippen MR) is 146 cm³/mol. The van der Waals surface area contributed by atoms with Gasteiger partial charge in [0.2, 0.25) is 11.6 Å². The molecule has 5 heterocycles. The number of ether oxygens (including phenoxy) is 1. The van der Waals surface area contributed by atoms with Crippen molar-refractivity contribution in [1.82, 2.24) is 24.3 Å². The van der Waals surface area contributed by atoms with Crippen LogP contribution >= 0.6 is 0 Å². The molecule has 9 heteroatoms. The standard InChI is InChI=1S/C23H18N6O2.C6H13N/c1-31-23-22-25-10-12-29(22)21(20(27-23)16-6-4-15(13-24)5-7-16)17-8-9-18(26-14-17)28-11-2-3-19(28)30;1-7-5-3-2-4-6-7/h4-10,12,14H,2-3,11H2,1H3;2-6H2,1H3. The maximum Gasteiger partial charge on any atom is 0.258 e. The number of aromatic nitrogens is 4. The smallest absolute Gasteiger partial charge is 0.258 e. The number of pyridine rings is 1. The minimum absolute atomic E-state index is 0.0987. The number of nitriles is 1. The lowest BCUT2D eigenvalue weighted by Crippen LogP contribution is -2.24. The van der Waals surface area contributed by atoms with E-state index in [4.69, 9.17) is 15.0 Å². The maximum atomic E-state index is 12.1. The van der Waals surface area contributed by atoms with E-state index in [9.17, 15) is 4.79 Å². The van der Waals surface area contributed by atoms with Gasteiger partial charge in [0.15, 0.2) is 0 Å². The summed E-state index contributed by atoms with van der Waals surface area (Å²) < 4.78 is 7.39. The number of hydrogen-bond donors (Lipinski definition) is 0. The van der Waals surface area contributed by atoms with Gasteiger partial charge in [-0.25, -0.2) is 15.0 Å². The number of fused-ring (bicyclic) bond motifs is 1. The van der Waals surface area contributed by atoms with Crippen LogP contribution in [0.25, 0.3) is 28.2 Å². The van der Waals surface area contributed by atoms with E-state index in [0.29, 0.717) is 41.6 Å². The second-order valence-corrected chi connectivity index (χ2v) is 9.55. The number of likely N-dealkylation sites (tertiary alicyclic amines) is 1. The molecule has 2 saturated heterocycles. The Kier molecular flexibility index (Phi) is 7.61. The van der Waals surface area contributed by atoms with Crippen molar-refractivity contribution in [3.05, 3.63) is 60.6 Å². The van der Waals surface area contributed by atoms with E-state index < -0.39 is 0 Å². The highest BCUT2D eigenvalue weighted by molar-refractivity contribution is 5.94. The monoisotopic (exact) mass is 509 g/mol. The van der Waals surface area contributed by atoms with E-state index in [-0.39, 0.29) is 5.91 Å². The lowest BCUT2D eigenvalue weighted by atomic mass is 10.0. The van der Waals surface area contributed by atoms with Crippen LogP contribution in [0.15, 0.2) is 55.0 Å². The van der Waals surface area contributed by atoms with Crippen LogP contribution in [0.5, 0.6) is 5.88 Å². The van der Waals surface area contributed by atoms with Crippen LogP contribution in [0.1, 0.15) is 37.7 Å². The van der Waals surface area contributed by atoms with Gasteiger partial charge in [-0.3, -0.25) is 14.1 Å². The molecule has 0 saturated carbocycles. The summed E-state index contributed by atoms with van der Waals surface area (Å²) in [6.45, 7) is 3.33. The van der Waals surface area contributed by atoms with Crippen molar-refractivity contribution >= 4 is 17.4 Å². The summed E-state index contributed by atoms with van der Waals surface area (Å²) in [7, 11) is 3.75. The Morgan fingerprint density at radius 1 is 0.947 bits per heavy atom. The fourth-order valence-corrected chi connectivity index (χ4v) is 4.91. The first-order valence-electron chi connectivity index (χ1n) is 13.0. The number of piperidine rings is 1. The van der Waals surface area contributed by atoms with E-state index in [1.807, 2.05) is 34.9 Å². The average molecular weight is 510 g/mol. The Bertz CT molecular complexity index is 1450. The topological polar surface area (TPSA) is 99.7 Å². The maximum absolute atomic E-state index is 12.1. The van der Waals surface area contributed by atoms with Crippen LogP contribution in [0.3, 0.4) is 0 Å². The van der Waals surface area contributed by atoms with Gasteiger partial charge in [-0.05, 0) is 63.7 Å². The molecule has 2 fully saturated rings. The number of rotatable bonds is 4. The molecule has 9 nitrogen and oxygen atoms in total. The summed E-state index contributed by atoms with van der Waals surface area (Å²) in [6, 6.07) is 13.2. The molecule has 0 spiro atoms. The largest absolute Gasteiger partial charge is 0.478 e. The number of imidazole rings is 1. The first kappa shape index (κ1) is 25.4. The van der Waals surface area contributed by atoms with Gasteiger partial charge in [0.05, 0.1) is 30.1 Å². The van der Waals surface area contributed by atoms with E-state index in [1.165, 1.54) is 32.4 Å². The molecule has 0 radical (unpaired) electrons. The summed E-state index contributed by atoms with van der Waals surface area (Å²) in [5.74, 6) is 1.15. The van der Waals surface area contributed by atoms with Crippen molar-refractivity contribution in [3.8, 4) is 34.5 Å². The normalized spacial score (nSPS) is 15.7. The molecule has 1 aromatic carbocycles. The summed E-state index contributed by atoms with van der Waals surface area (Å²) in [6.07, 6.45) is 11.0. The average Bonchev–Trinajstić information content (AvgIpc) is 3.62. The van der Waals surface area contributed by atoms with E-state index in [0.717, 1.165) is 23.2 Å². The molecular weight excluding hydrogens is 478 g/mol. The van der Waals surface area contributed by atoms with Gasteiger partial charge in [-0.2, -0.15) is 5.26 Å². The van der Waals surface area contributed by atoms with Crippen LogP contribution in [-0.4, -0.2) is 64.0 Å².